The molecule has 3 rings (SSSR count). The lowest BCUT2D eigenvalue weighted by Gasteiger charge is -2.20. The van der Waals surface area contributed by atoms with Crippen molar-refractivity contribution in [2.75, 3.05) is 38.7 Å². The molecule has 2 heterocycles. The van der Waals surface area contributed by atoms with Crippen LogP contribution in [0.2, 0.25) is 5.02 Å². The van der Waals surface area contributed by atoms with Crippen LogP contribution in [-0.2, 0) is 6.42 Å². The van der Waals surface area contributed by atoms with Crippen molar-refractivity contribution >= 4 is 23.4 Å². The average molecular weight is 402 g/mol. The van der Waals surface area contributed by atoms with Gasteiger partial charge in [0.1, 0.15) is 11.6 Å². The molecule has 150 valence electrons. The average Bonchev–Trinajstić information content (AvgIpc) is 3.19. The van der Waals surface area contributed by atoms with Crippen LogP contribution >= 0.6 is 11.6 Å². The second-order valence-corrected chi connectivity index (χ2v) is 7.25. The zero-order valence-corrected chi connectivity index (χ0v) is 17.2. The second-order valence-electron chi connectivity index (χ2n) is 6.84. The molecule has 1 aromatic carbocycles. The largest absolute Gasteiger partial charge is 0.497 e. The Kier molecular flexibility index (Phi) is 7.37. The van der Waals surface area contributed by atoms with Crippen LogP contribution in [0.4, 0.5) is 5.82 Å². The van der Waals surface area contributed by atoms with Crippen molar-refractivity contribution in [2.45, 2.75) is 25.3 Å². The highest BCUT2D eigenvalue weighted by molar-refractivity contribution is 6.32. The summed E-state index contributed by atoms with van der Waals surface area (Å²) >= 11 is 6.27. The number of rotatable bonds is 7. The number of aromatic nitrogens is 1. The Labute approximate surface area is 172 Å². The first-order chi connectivity index (χ1) is 13.7. The summed E-state index contributed by atoms with van der Waals surface area (Å²) < 4.78 is 5.28. The van der Waals surface area contributed by atoms with Gasteiger partial charge in [0, 0.05) is 38.9 Å². The molecular formula is C21H28ClN5O. The summed E-state index contributed by atoms with van der Waals surface area (Å²) in [6, 6.07) is 12.3. The molecule has 1 fully saturated rings. The monoisotopic (exact) mass is 401 g/mol. The van der Waals surface area contributed by atoms with E-state index in [1.54, 1.807) is 20.4 Å². The van der Waals surface area contributed by atoms with Gasteiger partial charge in [-0.3, -0.25) is 4.99 Å². The molecule has 28 heavy (non-hydrogen) atoms. The van der Waals surface area contributed by atoms with E-state index in [2.05, 4.69) is 37.6 Å². The Morgan fingerprint density at radius 3 is 3.04 bits per heavy atom. The van der Waals surface area contributed by atoms with E-state index in [0.717, 1.165) is 56.4 Å². The van der Waals surface area contributed by atoms with Gasteiger partial charge in [-0.25, -0.2) is 4.98 Å². The van der Waals surface area contributed by atoms with Crippen LogP contribution in [0.5, 0.6) is 5.75 Å². The smallest absolute Gasteiger partial charge is 0.191 e. The van der Waals surface area contributed by atoms with Crippen LogP contribution in [-0.4, -0.2) is 50.8 Å². The summed E-state index contributed by atoms with van der Waals surface area (Å²) in [6.07, 6.45) is 4.83. The van der Waals surface area contributed by atoms with Crippen LogP contribution in [0.1, 0.15) is 18.4 Å². The first kappa shape index (κ1) is 20.3. The lowest BCUT2D eigenvalue weighted by molar-refractivity contribution is 0.414. The van der Waals surface area contributed by atoms with E-state index in [-0.39, 0.29) is 0 Å². The van der Waals surface area contributed by atoms with Gasteiger partial charge >= 0.3 is 0 Å². The first-order valence-electron chi connectivity index (χ1n) is 9.65. The number of hydrogen-bond acceptors (Lipinski definition) is 4. The number of benzene rings is 1. The molecule has 1 aliphatic heterocycles. The molecule has 6 nitrogen and oxygen atoms in total. The van der Waals surface area contributed by atoms with Gasteiger partial charge in [-0.2, -0.15) is 0 Å². The van der Waals surface area contributed by atoms with Crippen molar-refractivity contribution in [3.8, 4) is 5.75 Å². The number of hydrogen-bond donors (Lipinski definition) is 2. The van der Waals surface area contributed by atoms with E-state index >= 15 is 0 Å². The lowest BCUT2D eigenvalue weighted by atomic mass is 10.1. The molecule has 1 saturated heterocycles. The molecule has 0 radical (unpaired) electrons. The molecule has 0 aliphatic carbocycles. The SMILES string of the molecule is CN=C(NCCCc1cccc(OC)c1)NC1CCN(c2ncccc2Cl)C1. The van der Waals surface area contributed by atoms with Crippen LogP contribution < -0.4 is 20.3 Å². The fourth-order valence-corrected chi connectivity index (χ4v) is 3.64. The first-order valence-corrected chi connectivity index (χ1v) is 10.0. The van der Waals surface area contributed by atoms with E-state index in [0.29, 0.717) is 11.1 Å². The topological polar surface area (TPSA) is 61.8 Å². The Morgan fingerprint density at radius 2 is 2.25 bits per heavy atom. The van der Waals surface area contributed by atoms with Crippen LogP contribution in [0.3, 0.4) is 0 Å². The van der Waals surface area contributed by atoms with Crippen LogP contribution in [0.15, 0.2) is 47.6 Å². The van der Waals surface area contributed by atoms with Gasteiger partial charge < -0.3 is 20.3 Å². The second kappa shape index (κ2) is 10.2. The predicted octanol–water partition coefficient (Wildman–Crippen LogP) is 3.12. The van der Waals surface area contributed by atoms with Gasteiger partial charge in [0.15, 0.2) is 5.96 Å². The summed E-state index contributed by atoms with van der Waals surface area (Å²) in [5.74, 6) is 2.60. The summed E-state index contributed by atoms with van der Waals surface area (Å²) in [7, 11) is 3.50. The number of anilines is 1. The van der Waals surface area contributed by atoms with Gasteiger partial charge in [0.05, 0.1) is 12.1 Å². The van der Waals surface area contributed by atoms with Crippen molar-refractivity contribution in [2.24, 2.45) is 4.99 Å². The molecule has 2 N–H and O–H groups in total. The van der Waals surface area contributed by atoms with Crippen molar-refractivity contribution in [3.05, 3.63) is 53.2 Å². The number of pyridine rings is 1. The fourth-order valence-electron chi connectivity index (χ4n) is 3.40. The zero-order chi connectivity index (χ0) is 19.8. The number of methoxy groups -OCH3 is 1. The Hall–Kier alpha value is -2.47. The molecule has 0 amide bonds. The third-order valence-electron chi connectivity index (χ3n) is 4.86. The Morgan fingerprint density at radius 1 is 1.36 bits per heavy atom. The van der Waals surface area contributed by atoms with Gasteiger partial charge in [-0.1, -0.05) is 23.7 Å². The van der Waals surface area contributed by atoms with E-state index in [9.17, 15) is 0 Å². The molecule has 0 saturated carbocycles. The van der Waals surface area contributed by atoms with Crippen LogP contribution in [0.25, 0.3) is 0 Å². The molecule has 2 aromatic rings. The highest BCUT2D eigenvalue weighted by atomic mass is 35.5. The number of aliphatic imine (C=N–C) groups is 1. The summed E-state index contributed by atoms with van der Waals surface area (Å²) in [6.45, 7) is 2.65. The van der Waals surface area contributed by atoms with Gasteiger partial charge in [0.25, 0.3) is 0 Å². The maximum Gasteiger partial charge on any atom is 0.191 e. The summed E-state index contributed by atoms with van der Waals surface area (Å²) in [4.78, 5) is 11.0. The van der Waals surface area contributed by atoms with Crippen molar-refractivity contribution < 1.29 is 4.74 Å². The zero-order valence-electron chi connectivity index (χ0n) is 16.5. The minimum Gasteiger partial charge on any atom is -0.497 e. The quantitative estimate of drug-likeness (QED) is 0.424. The van der Waals surface area contributed by atoms with Gasteiger partial charge in [-0.15, -0.1) is 0 Å². The Bertz CT molecular complexity index is 798. The Balaban J connectivity index is 1.42. The number of ether oxygens (including phenoxy) is 1. The van der Waals surface area contributed by atoms with Gasteiger partial charge in [0.2, 0.25) is 0 Å². The van der Waals surface area contributed by atoms with E-state index in [1.165, 1.54) is 5.56 Å². The molecule has 1 aromatic heterocycles. The van der Waals surface area contributed by atoms with Crippen molar-refractivity contribution in [3.63, 3.8) is 0 Å². The minimum atomic E-state index is 0.322. The molecule has 0 spiro atoms. The molecule has 1 unspecified atom stereocenters. The van der Waals surface area contributed by atoms with Crippen molar-refractivity contribution in [1.82, 2.24) is 15.6 Å². The standard InChI is InChI=1S/C21H28ClN5O/c1-23-21(25-12-4-7-16-6-3-8-18(14-16)28-2)26-17-10-13-27(15-17)20-19(22)9-5-11-24-20/h3,5-6,8-9,11,14,17H,4,7,10,12-13,15H2,1-2H3,(H2,23,25,26). The molecule has 1 atom stereocenters. The normalized spacial score (nSPS) is 16.9. The molecule has 1 aliphatic rings. The van der Waals surface area contributed by atoms with Crippen LogP contribution in [0, 0.1) is 0 Å². The predicted molar refractivity (Wildman–Crippen MR) is 116 cm³/mol. The highest BCUT2D eigenvalue weighted by Gasteiger charge is 2.25. The van der Waals surface area contributed by atoms with Gasteiger partial charge in [-0.05, 0) is 49.1 Å². The third kappa shape index (κ3) is 5.52. The minimum absolute atomic E-state index is 0.322. The number of nitrogens with zero attached hydrogens (tertiary/aromatic N) is 3. The summed E-state index contributed by atoms with van der Waals surface area (Å²) in [5.41, 5.74) is 1.28. The molecule has 7 heteroatoms. The van der Waals surface area contributed by atoms with E-state index < -0.39 is 0 Å². The van der Waals surface area contributed by atoms with E-state index in [1.807, 2.05) is 24.3 Å². The van der Waals surface area contributed by atoms with E-state index in [4.69, 9.17) is 16.3 Å². The number of halogens is 1. The maximum atomic E-state index is 6.27. The fraction of sp³-hybridized carbons (Fsp3) is 0.429. The molecule has 0 bridgehead atoms. The number of guanidine groups is 1. The van der Waals surface area contributed by atoms with Crippen molar-refractivity contribution in [1.29, 1.82) is 0 Å². The maximum absolute atomic E-state index is 6.27. The number of nitrogens with one attached hydrogen (secondary N) is 2. The lowest BCUT2D eigenvalue weighted by Crippen LogP contribution is -2.45. The summed E-state index contributed by atoms with van der Waals surface area (Å²) in [5, 5.41) is 7.61. The number of aryl methyl sites for hydroxylation is 1. The molecular weight excluding hydrogens is 374 g/mol. The highest BCUT2D eigenvalue weighted by Crippen LogP contribution is 2.25. The third-order valence-corrected chi connectivity index (χ3v) is 5.16.